The van der Waals surface area contributed by atoms with Crippen molar-refractivity contribution in [2.45, 2.75) is 12.8 Å². The highest BCUT2D eigenvalue weighted by molar-refractivity contribution is 6.37. The van der Waals surface area contributed by atoms with Crippen LogP contribution in [0, 0.1) is 0 Å². The van der Waals surface area contributed by atoms with Crippen molar-refractivity contribution in [1.82, 2.24) is 0 Å². The Kier molecular flexibility index (Phi) is 3.41. The molecule has 0 amide bonds. The highest BCUT2D eigenvalue weighted by atomic mass is 35.5. The van der Waals surface area contributed by atoms with Crippen LogP contribution in [0.25, 0.3) is 0 Å². The van der Waals surface area contributed by atoms with E-state index < -0.39 is 0 Å². The van der Waals surface area contributed by atoms with Gasteiger partial charge in [-0.3, -0.25) is 5.43 Å². The van der Waals surface area contributed by atoms with Crippen molar-refractivity contribution in [3.05, 3.63) is 29.3 Å². The monoisotopic (exact) mass is 238 g/mol. The number of cyclic esters (lactones) is 1. The number of rotatable bonds is 2. The van der Waals surface area contributed by atoms with E-state index in [1.165, 1.54) is 0 Å². The molecule has 0 radical (unpaired) electrons. The molecule has 0 unspecified atom stereocenters. The maximum absolute atomic E-state index is 11.3. The lowest BCUT2D eigenvalue weighted by Gasteiger charge is -2.12. The second-order valence-corrected chi connectivity index (χ2v) is 3.85. The average molecular weight is 239 g/mol. The van der Waals surface area contributed by atoms with Crippen LogP contribution >= 0.6 is 11.6 Å². The highest BCUT2D eigenvalue weighted by Gasteiger charge is 2.17. The van der Waals surface area contributed by atoms with Gasteiger partial charge in [-0.15, -0.1) is 0 Å². The number of hydrogen-bond donors (Lipinski definition) is 1. The van der Waals surface area contributed by atoms with E-state index in [9.17, 15) is 4.79 Å². The van der Waals surface area contributed by atoms with Gasteiger partial charge in [0, 0.05) is 11.4 Å². The first-order valence-corrected chi connectivity index (χ1v) is 5.39. The Bertz CT molecular complexity index is 414. The van der Waals surface area contributed by atoms with Gasteiger partial charge in [0.15, 0.2) is 0 Å². The van der Waals surface area contributed by atoms with E-state index in [0.29, 0.717) is 23.8 Å². The standard InChI is InChI=1S/C11H11ClN2O2/c12-8-3-5-9(6-4-8)13-14-10-2-1-7-16-11(10)15/h3-6,13H,1-2,7H2. The van der Waals surface area contributed by atoms with Crippen LogP contribution in [-0.2, 0) is 9.53 Å². The maximum atomic E-state index is 11.3. The normalized spacial score (nSPS) is 18.3. The van der Waals surface area contributed by atoms with Crippen molar-refractivity contribution in [2.75, 3.05) is 12.0 Å². The Labute approximate surface area is 98.2 Å². The molecule has 0 aliphatic carbocycles. The number of hydrazone groups is 1. The third kappa shape index (κ3) is 2.73. The molecule has 1 heterocycles. The molecule has 1 fully saturated rings. The molecule has 2 rings (SSSR count). The SMILES string of the molecule is O=C1OCCCC1=NNc1ccc(Cl)cc1. The van der Waals surface area contributed by atoms with E-state index in [4.69, 9.17) is 16.3 Å². The number of nitrogens with zero attached hydrogens (tertiary/aromatic N) is 1. The first kappa shape index (κ1) is 11.0. The zero-order valence-corrected chi connectivity index (χ0v) is 9.33. The van der Waals surface area contributed by atoms with Crippen molar-refractivity contribution < 1.29 is 9.53 Å². The van der Waals surface area contributed by atoms with Gasteiger partial charge in [-0.05, 0) is 30.7 Å². The summed E-state index contributed by atoms with van der Waals surface area (Å²) in [5.41, 5.74) is 4.02. The number of benzene rings is 1. The van der Waals surface area contributed by atoms with Crippen molar-refractivity contribution in [3.8, 4) is 0 Å². The van der Waals surface area contributed by atoms with Crippen LogP contribution in [0.4, 0.5) is 5.69 Å². The summed E-state index contributed by atoms with van der Waals surface area (Å²) in [6, 6.07) is 7.09. The average Bonchev–Trinajstić information content (AvgIpc) is 2.30. The van der Waals surface area contributed by atoms with Gasteiger partial charge in [-0.1, -0.05) is 11.6 Å². The molecule has 0 aromatic heterocycles. The van der Waals surface area contributed by atoms with Crippen LogP contribution in [0.15, 0.2) is 29.4 Å². The third-order valence-corrected chi connectivity index (χ3v) is 2.44. The number of anilines is 1. The van der Waals surface area contributed by atoms with E-state index in [2.05, 4.69) is 10.5 Å². The fourth-order valence-corrected chi connectivity index (χ4v) is 1.47. The second-order valence-electron chi connectivity index (χ2n) is 3.42. The molecule has 1 N–H and O–H groups in total. The van der Waals surface area contributed by atoms with E-state index in [-0.39, 0.29) is 5.97 Å². The van der Waals surface area contributed by atoms with Crippen molar-refractivity contribution in [1.29, 1.82) is 0 Å². The van der Waals surface area contributed by atoms with E-state index in [1.807, 2.05) is 0 Å². The predicted octanol–water partition coefficient (Wildman–Crippen LogP) is 2.44. The van der Waals surface area contributed by atoms with Crippen LogP contribution in [-0.4, -0.2) is 18.3 Å². The molecule has 1 aliphatic rings. The predicted molar refractivity (Wildman–Crippen MR) is 62.7 cm³/mol. The Morgan fingerprint density at radius 2 is 2.06 bits per heavy atom. The van der Waals surface area contributed by atoms with Crippen molar-refractivity contribution >= 4 is 29.0 Å². The molecule has 0 atom stereocenters. The Morgan fingerprint density at radius 3 is 2.75 bits per heavy atom. The van der Waals surface area contributed by atoms with Gasteiger partial charge in [-0.25, -0.2) is 4.79 Å². The lowest BCUT2D eigenvalue weighted by Crippen LogP contribution is -2.24. The zero-order chi connectivity index (χ0) is 11.4. The molecule has 4 nitrogen and oxygen atoms in total. The molecule has 84 valence electrons. The van der Waals surface area contributed by atoms with Crippen LogP contribution in [0.1, 0.15) is 12.8 Å². The molecule has 1 aromatic carbocycles. The Morgan fingerprint density at radius 1 is 1.31 bits per heavy atom. The summed E-state index contributed by atoms with van der Waals surface area (Å²) in [6.45, 7) is 0.485. The molecular formula is C11H11ClN2O2. The van der Waals surface area contributed by atoms with Gasteiger partial charge >= 0.3 is 5.97 Å². The summed E-state index contributed by atoms with van der Waals surface area (Å²) < 4.78 is 4.87. The number of hydrogen-bond acceptors (Lipinski definition) is 4. The lowest BCUT2D eigenvalue weighted by atomic mass is 10.2. The number of ether oxygens (including phenoxy) is 1. The Balaban J connectivity index is 2.02. The van der Waals surface area contributed by atoms with Gasteiger partial charge in [-0.2, -0.15) is 5.10 Å². The molecule has 1 aromatic rings. The summed E-state index contributed by atoms with van der Waals surface area (Å²) >= 11 is 5.75. The van der Waals surface area contributed by atoms with E-state index in [1.54, 1.807) is 24.3 Å². The van der Waals surface area contributed by atoms with E-state index in [0.717, 1.165) is 12.1 Å². The van der Waals surface area contributed by atoms with Crippen LogP contribution in [0.5, 0.6) is 0 Å². The number of carbonyl (C=O) groups excluding carboxylic acids is 1. The Hall–Kier alpha value is -1.55. The third-order valence-electron chi connectivity index (χ3n) is 2.19. The van der Waals surface area contributed by atoms with Gasteiger partial charge < -0.3 is 4.74 Å². The van der Waals surface area contributed by atoms with Crippen LogP contribution < -0.4 is 5.43 Å². The summed E-state index contributed by atoms with van der Waals surface area (Å²) in [6.07, 6.45) is 1.48. The number of halogens is 1. The summed E-state index contributed by atoms with van der Waals surface area (Å²) in [4.78, 5) is 11.3. The summed E-state index contributed by atoms with van der Waals surface area (Å²) in [5, 5.41) is 4.68. The molecule has 5 heteroatoms. The molecule has 16 heavy (non-hydrogen) atoms. The number of esters is 1. The van der Waals surface area contributed by atoms with Gasteiger partial charge in [0.25, 0.3) is 0 Å². The van der Waals surface area contributed by atoms with Gasteiger partial charge in [0.2, 0.25) is 0 Å². The zero-order valence-electron chi connectivity index (χ0n) is 8.57. The molecular weight excluding hydrogens is 228 g/mol. The van der Waals surface area contributed by atoms with Crippen LogP contribution in [0.3, 0.4) is 0 Å². The fraction of sp³-hybridized carbons (Fsp3) is 0.273. The van der Waals surface area contributed by atoms with Crippen LogP contribution in [0.2, 0.25) is 5.02 Å². The number of carbonyl (C=O) groups is 1. The minimum atomic E-state index is -0.340. The van der Waals surface area contributed by atoms with E-state index >= 15 is 0 Å². The molecule has 1 aliphatic heterocycles. The molecule has 0 bridgehead atoms. The first-order valence-electron chi connectivity index (χ1n) is 5.01. The fourth-order valence-electron chi connectivity index (χ4n) is 1.35. The maximum Gasteiger partial charge on any atom is 0.354 e. The lowest BCUT2D eigenvalue weighted by molar-refractivity contribution is -0.137. The van der Waals surface area contributed by atoms with Crippen molar-refractivity contribution in [2.24, 2.45) is 5.10 Å². The largest absolute Gasteiger partial charge is 0.461 e. The minimum absolute atomic E-state index is 0.340. The quantitative estimate of drug-likeness (QED) is 0.636. The smallest absolute Gasteiger partial charge is 0.354 e. The number of nitrogens with one attached hydrogen (secondary N) is 1. The summed E-state index contributed by atoms with van der Waals surface area (Å²) in [7, 11) is 0. The second kappa shape index (κ2) is 4.99. The van der Waals surface area contributed by atoms with Crippen molar-refractivity contribution in [3.63, 3.8) is 0 Å². The highest BCUT2D eigenvalue weighted by Crippen LogP contribution is 2.14. The topological polar surface area (TPSA) is 50.7 Å². The van der Waals surface area contributed by atoms with Gasteiger partial charge in [0.1, 0.15) is 5.71 Å². The van der Waals surface area contributed by atoms with Gasteiger partial charge in [0.05, 0.1) is 12.3 Å². The first-order chi connectivity index (χ1) is 7.75. The summed E-state index contributed by atoms with van der Waals surface area (Å²) in [5.74, 6) is -0.340. The molecule has 0 spiro atoms. The minimum Gasteiger partial charge on any atom is -0.461 e. The molecule has 0 saturated carbocycles. The molecule has 1 saturated heterocycles.